The van der Waals surface area contributed by atoms with Gasteiger partial charge in [0.25, 0.3) is 0 Å². The van der Waals surface area contributed by atoms with Crippen molar-refractivity contribution in [2.45, 2.75) is 53.6 Å². The van der Waals surface area contributed by atoms with Crippen molar-refractivity contribution in [3.63, 3.8) is 0 Å². The number of aryl methyl sites for hydroxylation is 1. The molecular formula is C32H41F3N6O4. The van der Waals surface area contributed by atoms with E-state index in [1.165, 1.54) is 25.1 Å². The molecule has 2 heterocycles. The van der Waals surface area contributed by atoms with E-state index < -0.39 is 28.8 Å². The van der Waals surface area contributed by atoms with E-state index in [2.05, 4.69) is 45.9 Å². The molecule has 244 valence electrons. The number of carboxylic acids is 1. The summed E-state index contributed by atoms with van der Waals surface area (Å²) in [5, 5.41) is 15.4. The highest BCUT2D eigenvalue weighted by Gasteiger charge is 2.37. The van der Waals surface area contributed by atoms with Gasteiger partial charge in [0.05, 0.1) is 17.6 Å². The van der Waals surface area contributed by atoms with Crippen molar-refractivity contribution in [1.82, 2.24) is 14.8 Å². The molecule has 0 aliphatic rings. The van der Waals surface area contributed by atoms with Crippen LogP contribution in [0.2, 0.25) is 0 Å². The largest absolute Gasteiger partial charge is 0.481 e. The molecule has 0 aliphatic heterocycles. The number of pyridine rings is 1. The monoisotopic (exact) mass is 630 g/mol. The summed E-state index contributed by atoms with van der Waals surface area (Å²) in [6.45, 7) is 13.2. The van der Waals surface area contributed by atoms with Gasteiger partial charge in [-0.05, 0) is 62.9 Å². The van der Waals surface area contributed by atoms with Crippen LogP contribution in [0.25, 0.3) is 11.4 Å². The van der Waals surface area contributed by atoms with Gasteiger partial charge in [-0.2, -0.15) is 18.3 Å². The molecule has 3 aromatic rings. The quantitative estimate of drug-likeness (QED) is 0.124. The number of aliphatic carboxylic acids is 1. The van der Waals surface area contributed by atoms with Crippen LogP contribution in [-0.4, -0.2) is 65.4 Å². The summed E-state index contributed by atoms with van der Waals surface area (Å²) in [5.74, 6) is -0.686. The van der Waals surface area contributed by atoms with Crippen molar-refractivity contribution in [3.05, 3.63) is 77.4 Å². The van der Waals surface area contributed by atoms with Gasteiger partial charge in [-0.15, -0.1) is 0 Å². The topological polar surface area (TPSA) is 131 Å². The van der Waals surface area contributed by atoms with E-state index in [1.54, 1.807) is 38.4 Å². The lowest BCUT2D eigenvalue weighted by atomic mass is 9.95. The van der Waals surface area contributed by atoms with E-state index in [0.29, 0.717) is 0 Å². The average Bonchev–Trinajstić information content (AvgIpc) is 3.47. The van der Waals surface area contributed by atoms with Gasteiger partial charge in [0.15, 0.2) is 17.8 Å². The number of allylic oxidation sites excluding steroid dienone is 1. The molecule has 3 rings (SSSR count). The number of rotatable bonds is 12. The first-order chi connectivity index (χ1) is 21.2. The molecule has 0 spiro atoms. The van der Waals surface area contributed by atoms with Gasteiger partial charge < -0.3 is 15.2 Å². The number of aldehydes is 1. The first-order valence-electron chi connectivity index (χ1n) is 14.0. The fourth-order valence-electron chi connectivity index (χ4n) is 3.27. The van der Waals surface area contributed by atoms with E-state index in [1.807, 2.05) is 32.2 Å². The lowest BCUT2D eigenvalue weighted by Gasteiger charge is -2.17. The number of hydrogen-bond donors (Lipinski definition) is 2. The minimum Gasteiger partial charge on any atom is -0.481 e. The second kappa shape index (κ2) is 18.9. The number of aliphatic imine (C=N–C) groups is 2. The van der Waals surface area contributed by atoms with Crippen LogP contribution in [0.5, 0.6) is 0 Å². The molecule has 0 fully saturated rings. The predicted molar refractivity (Wildman–Crippen MR) is 171 cm³/mol. The number of halogens is 3. The number of ether oxygens (including phenoxy) is 1. The molecule has 0 aliphatic carbocycles. The molecular weight excluding hydrogens is 589 g/mol. The van der Waals surface area contributed by atoms with Crippen molar-refractivity contribution < 1.29 is 32.6 Å². The zero-order chi connectivity index (χ0) is 34.0. The second-order valence-electron chi connectivity index (χ2n) is 10.2. The number of carbonyl (C=O) groups is 2. The van der Waals surface area contributed by atoms with Crippen LogP contribution < -0.4 is 5.32 Å². The van der Waals surface area contributed by atoms with Crippen LogP contribution in [0, 0.1) is 12.3 Å². The highest BCUT2D eigenvalue weighted by Crippen LogP contribution is 2.30. The SMILES string of the molecule is C=N/C=C(\C=N/COCC(C)(C)C(=O)O)c1ccc(NC)cc1C.CCCC.O=Cc1cn(-c2ccccn2)nc1C(F)(F)F. The van der Waals surface area contributed by atoms with E-state index in [9.17, 15) is 22.8 Å². The normalized spacial score (nSPS) is 11.6. The summed E-state index contributed by atoms with van der Waals surface area (Å²) in [5.41, 5.74) is 1.26. The summed E-state index contributed by atoms with van der Waals surface area (Å²) < 4.78 is 43.8. The van der Waals surface area contributed by atoms with E-state index >= 15 is 0 Å². The van der Waals surface area contributed by atoms with Crippen LogP contribution >= 0.6 is 0 Å². The van der Waals surface area contributed by atoms with Crippen molar-refractivity contribution in [2.24, 2.45) is 15.4 Å². The zero-order valence-corrected chi connectivity index (χ0v) is 26.4. The van der Waals surface area contributed by atoms with E-state index in [4.69, 9.17) is 9.84 Å². The Hall–Kier alpha value is -4.65. The van der Waals surface area contributed by atoms with Gasteiger partial charge >= 0.3 is 12.1 Å². The molecule has 1 aromatic carbocycles. The highest BCUT2D eigenvalue weighted by molar-refractivity contribution is 6.10. The molecule has 0 saturated heterocycles. The van der Waals surface area contributed by atoms with E-state index in [-0.39, 0.29) is 25.4 Å². The lowest BCUT2D eigenvalue weighted by Crippen LogP contribution is -2.29. The van der Waals surface area contributed by atoms with Crippen LogP contribution in [-0.2, 0) is 15.7 Å². The number of hydrogen-bond acceptors (Lipinski definition) is 8. The van der Waals surface area contributed by atoms with Crippen molar-refractivity contribution in [1.29, 1.82) is 0 Å². The third kappa shape index (κ3) is 12.9. The fraction of sp³-hybridized carbons (Fsp3) is 0.375. The van der Waals surface area contributed by atoms with Crippen molar-refractivity contribution >= 4 is 36.4 Å². The zero-order valence-electron chi connectivity index (χ0n) is 26.4. The Morgan fingerprint density at radius 2 is 1.87 bits per heavy atom. The Labute approximate surface area is 261 Å². The van der Waals surface area contributed by atoms with Gasteiger partial charge in [0.1, 0.15) is 6.73 Å². The number of alkyl halides is 3. The maximum Gasteiger partial charge on any atom is 0.435 e. The minimum absolute atomic E-state index is 0.0822. The summed E-state index contributed by atoms with van der Waals surface area (Å²) in [6, 6.07) is 10.7. The van der Waals surface area contributed by atoms with Crippen molar-refractivity contribution in [3.8, 4) is 5.82 Å². The minimum atomic E-state index is -4.66. The smallest absolute Gasteiger partial charge is 0.435 e. The van der Waals surface area contributed by atoms with Gasteiger partial charge in [0.2, 0.25) is 0 Å². The van der Waals surface area contributed by atoms with Crippen LogP contribution in [0.4, 0.5) is 18.9 Å². The molecule has 0 bridgehead atoms. The molecule has 0 radical (unpaired) electrons. The predicted octanol–water partition coefficient (Wildman–Crippen LogP) is 7.14. The third-order valence-corrected chi connectivity index (χ3v) is 6.02. The number of carboxylic acid groups (broad SMARTS) is 1. The maximum atomic E-state index is 12.5. The van der Waals surface area contributed by atoms with Crippen molar-refractivity contribution in [2.75, 3.05) is 25.7 Å². The molecule has 2 N–H and O–H groups in total. The summed E-state index contributed by atoms with van der Waals surface area (Å²) in [7, 11) is 1.87. The number of unbranched alkanes of at least 4 members (excludes halogenated alkanes) is 1. The van der Waals surface area contributed by atoms with Gasteiger partial charge in [-0.1, -0.05) is 38.8 Å². The summed E-state index contributed by atoms with van der Waals surface area (Å²) >= 11 is 0. The summed E-state index contributed by atoms with van der Waals surface area (Å²) in [4.78, 5) is 33.4. The van der Waals surface area contributed by atoms with Gasteiger partial charge in [-0.25, -0.2) is 9.67 Å². The van der Waals surface area contributed by atoms with Crippen LogP contribution in [0.15, 0.2) is 65.0 Å². The molecule has 10 nitrogen and oxygen atoms in total. The Balaban J connectivity index is 0.000000418. The Morgan fingerprint density at radius 1 is 1.18 bits per heavy atom. The Kier molecular flexibility index (Phi) is 16.1. The molecule has 2 aromatic heterocycles. The number of nitrogens with one attached hydrogen (secondary N) is 1. The number of carbonyl (C=O) groups excluding carboxylic acids is 1. The van der Waals surface area contributed by atoms with Gasteiger partial charge in [-0.3, -0.25) is 19.6 Å². The number of nitrogens with zero attached hydrogens (tertiary/aromatic N) is 5. The highest BCUT2D eigenvalue weighted by atomic mass is 19.4. The van der Waals surface area contributed by atoms with E-state index in [0.717, 1.165) is 33.3 Å². The number of benzene rings is 1. The average molecular weight is 631 g/mol. The van der Waals surface area contributed by atoms with Crippen LogP contribution in [0.3, 0.4) is 0 Å². The maximum absolute atomic E-state index is 12.5. The Bertz CT molecular complexity index is 1430. The standard InChI is InChI=1S/C18H25N3O3.C10H6F3N3O.C4H10/c1-13-8-15(20-5)6-7-16(13)14(9-19-4)10-21-12-24-11-18(2,3)17(22)23;11-10(12,13)9-7(6-17)5-16(15-9)8-3-1-2-4-14-8;1-3-4-2/h6-10,20H,4,11-12H2,1-3,5H3,(H,22,23);1-6H;3-4H2,1-2H3/b14-9+,21-10-;;. The molecule has 0 atom stereocenters. The third-order valence-electron chi connectivity index (χ3n) is 6.02. The van der Waals surface area contributed by atoms with Crippen LogP contribution in [0.1, 0.15) is 67.7 Å². The van der Waals surface area contributed by atoms with Gasteiger partial charge in [0, 0.05) is 43.1 Å². The first-order valence-corrected chi connectivity index (χ1v) is 14.0. The molecule has 0 saturated carbocycles. The molecule has 13 heteroatoms. The Morgan fingerprint density at radius 3 is 2.33 bits per heavy atom. The molecule has 0 amide bonds. The lowest BCUT2D eigenvalue weighted by molar-refractivity contribution is -0.150. The first kappa shape index (κ1) is 38.4. The summed E-state index contributed by atoms with van der Waals surface area (Å²) in [6.07, 6.45) is 3.81. The number of aromatic nitrogens is 3. The number of anilines is 1. The molecule has 0 unspecified atom stereocenters. The molecule has 45 heavy (non-hydrogen) atoms. The fourth-order valence-corrected chi connectivity index (χ4v) is 3.27. The second-order valence-corrected chi connectivity index (χ2v) is 10.2.